The van der Waals surface area contributed by atoms with Gasteiger partial charge in [0.15, 0.2) is 0 Å². The van der Waals surface area contributed by atoms with Crippen LogP contribution in [0.1, 0.15) is 31.9 Å². The van der Waals surface area contributed by atoms with Gasteiger partial charge in [-0.05, 0) is 50.4 Å². The van der Waals surface area contributed by atoms with Gasteiger partial charge in [-0.3, -0.25) is 0 Å². The van der Waals surface area contributed by atoms with Crippen molar-refractivity contribution in [3.63, 3.8) is 0 Å². The predicted molar refractivity (Wildman–Crippen MR) is 70.1 cm³/mol. The average Bonchev–Trinajstić information content (AvgIpc) is 2.40. The lowest BCUT2D eigenvalue weighted by Gasteiger charge is -2.22. The maximum atomic E-state index is 4.20. The van der Waals surface area contributed by atoms with Gasteiger partial charge in [0.2, 0.25) is 0 Å². The Hall–Kier alpha value is -1.16. The number of nitrogens with one attached hydrogen (secondary N) is 2. The van der Waals surface area contributed by atoms with Crippen LogP contribution in [0.2, 0.25) is 0 Å². The van der Waals surface area contributed by atoms with Gasteiger partial charge >= 0.3 is 0 Å². The molecular weight excluding hydrogens is 212 g/mol. The topological polar surface area (TPSA) is 49.8 Å². The van der Waals surface area contributed by atoms with E-state index in [-0.39, 0.29) is 0 Å². The number of aromatic nitrogens is 2. The summed E-state index contributed by atoms with van der Waals surface area (Å²) in [5.74, 6) is 1.62. The quantitative estimate of drug-likeness (QED) is 0.816. The van der Waals surface area contributed by atoms with Crippen LogP contribution in [-0.4, -0.2) is 29.8 Å². The third-order valence-corrected chi connectivity index (χ3v) is 3.20. The largest absolute Gasteiger partial charge is 0.368 e. The Morgan fingerprint density at radius 3 is 3.00 bits per heavy atom. The monoisotopic (exact) mass is 234 g/mol. The summed E-state index contributed by atoms with van der Waals surface area (Å²) in [5, 5.41) is 15.2. The van der Waals surface area contributed by atoms with E-state index >= 15 is 0 Å². The van der Waals surface area contributed by atoms with E-state index in [2.05, 4.69) is 33.8 Å². The molecule has 1 saturated heterocycles. The van der Waals surface area contributed by atoms with Crippen LogP contribution in [0.5, 0.6) is 0 Å². The molecule has 0 radical (unpaired) electrons. The third-order valence-electron chi connectivity index (χ3n) is 3.20. The maximum Gasteiger partial charge on any atom is 0.148 e. The highest BCUT2D eigenvalue weighted by Gasteiger charge is 2.12. The number of hydrogen-bond acceptors (Lipinski definition) is 4. The first-order valence-electron chi connectivity index (χ1n) is 6.65. The van der Waals surface area contributed by atoms with Crippen molar-refractivity contribution in [2.24, 2.45) is 5.92 Å². The van der Waals surface area contributed by atoms with E-state index in [0.29, 0.717) is 0 Å². The number of hydrogen-bond donors (Lipinski definition) is 2. The SMILES string of the molecule is CCCc1ccc(NCC2CCCNC2)nn1. The molecule has 1 aliphatic heterocycles. The summed E-state index contributed by atoms with van der Waals surface area (Å²) in [7, 11) is 0. The van der Waals surface area contributed by atoms with E-state index in [0.717, 1.165) is 43.4 Å². The molecule has 2 N–H and O–H groups in total. The molecule has 17 heavy (non-hydrogen) atoms. The van der Waals surface area contributed by atoms with Crippen LogP contribution in [0.25, 0.3) is 0 Å². The Bertz CT molecular complexity index is 317. The maximum absolute atomic E-state index is 4.20. The summed E-state index contributed by atoms with van der Waals surface area (Å²) in [6.45, 7) is 5.44. The Morgan fingerprint density at radius 1 is 1.41 bits per heavy atom. The molecule has 1 atom stereocenters. The lowest BCUT2D eigenvalue weighted by atomic mass is 10.00. The fraction of sp³-hybridized carbons (Fsp3) is 0.692. The molecule has 0 spiro atoms. The van der Waals surface area contributed by atoms with E-state index in [9.17, 15) is 0 Å². The number of rotatable bonds is 5. The molecule has 0 bridgehead atoms. The highest BCUT2D eigenvalue weighted by atomic mass is 15.2. The Morgan fingerprint density at radius 2 is 2.35 bits per heavy atom. The van der Waals surface area contributed by atoms with Gasteiger partial charge in [0, 0.05) is 6.54 Å². The van der Waals surface area contributed by atoms with Gasteiger partial charge in [-0.25, -0.2) is 0 Å². The minimum Gasteiger partial charge on any atom is -0.368 e. The van der Waals surface area contributed by atoms with Gasteiger partial charge < -0.3 is 10.6 Å². The Labute approximate surface area is 103 Å². The zero-order valence-electron chi connectivity index (χ0n) is 10.6. The summed E-state index contributed by atoms with van der Waals surface area (Å²) in [5.41, 5.74) is 1.08. The molecule has 0 aliphatic carbocycles. The van der Waals surface area contributed by atoms with Gasteiger partial charge in [0.05, 0.1) is 5.69 Å². The van der Waals surface area contributed by atoms with Gasteiger partial charge in [-0.15, -0.1) is 5.10 Å². The van der Waals surface area contributed by atoms with Crippen LogP contribution in [-0.2, 0) is 6.42 Å². The molecule has 0 amide bonds. The second-order valence-corrected chi connectivity index (χ2v) is 4.75. The van der Waals surface area contributed by atoms with Crippen molar-refractivity contribution < 1.29 is 0 Å². The molecule has 4 nitrogen and oxygen atoms in total. The molecule has 0 aromatic carbocycles. The zero-order valence-corrected chi connectivity index (χ0v) is 10.6. The van der Waals surface area contributed by atoms with Crippen molar-refractivity contribution in [2.75, 3.05) is 25.0 Å². The van der Waals surface area contributed by atoms with E-state index in [1.807, 2.05) is 6.07 Å². The molecule has 94 valence electrons. The molecule has 1 fully saturated rings. The van der Waals surface area contributed by atoms with Crippen molar-refractivity contribution in [3.05, 3.63) is 17.8 Å². The number of anilines is 1. The lowest BCUT2D eigenvalue weighted by molar-refractivity contribution is 0.392. The number of nitrogens with zero attached hydrogens (tertiary/aromatic N) is 2. The van der Waals surface area contributed by atoms with Crippen molar-refractivity contribution in [1.29, 1.82) is 0 Å². The summed E-state index contributed by atoms with van der Waals surface area (Å²) in [6, 6.07) is 4.10. The molecule has 2 heterocycles. The van der Waals surface area contributed by atoms with Gasteiger partial charge in [-0.1, -0.05) is 13.3 Å². The molecule has 0 saturated carbocycles. The van der Waals surface area contributed by atoms with E-state index in [1.165, 1.54) is 19.4 Å². The lowest BCUT2D eigenvalue weighted by Crippen LogP contribution is -2.33. The summed E-state index contributed by atoms with van der Waals surface area (Å²) < 4.78 is 0. The van der Waals surface area contributed by atoms with Crippen molar-refractivity contribution in [1.82, 2.24) is 15.5 Å². The molecule has 4 heteroatoms. The van der Waals surface area contributed by atoms with Gasteiger partial charge in [0.25, 0.3) is 0 Å². The van der Waals surface area contributed by atoms with E-state index < -0.39 is 0 Å². The summed E-state index contributed by atoms with van der Waals surface area (Å²) >= 11 is 0. The van der Waals surface area contributed by atoms with Crippen LogP contribution < -0.4 is 10.6 Å². The average molecular weight is 234 g/mol. The van der Waals surface area contributed by atoms with Crippen LogP contribution in [0.15, 0.2) is 12.1 Å². The van der Waals surface area contributed by atoms with E-state index in [1.54, 1.807) is 0 Å². The normalized spacial score (nSPS) is 20.2. The molecule has 2 rings (SSSR count). The van der Waals surface area contributed by atoms with Gasteiger partial charge in [0.1, 0.15) is 5.82 Å². The van der Waals surface area contributed by atoms with Crippen molar-refractivity contribution >= 4 is 5.82 Å². The fourth-order valence-corrected chi connectivity index (χ4v) is 2.19. The predicted octanol–water partition coefficient (Wildman–Crippen LogP) is 1.84. The highest BCUT2D eigenvalue weighted by Crippen LogP contribution is 2.11. The number of aryl methyl sites for hydroxylation is 1. The van der Waals surface area contributed by atoms with E-state index in [4.69, 9.17) is 0 Å². The molecule has 1 aromatic heterocycles. The molecule has 1 aromatic rings. The standard InChI is InChI=1S/C13H22N4/c1-2-4-12-6-7-13(17-16-12)15-10-11-5-3-8-14-9-11/h6-7,11,14H,2-5,8-10H2,1H3,(H,15,17). The first-order valence-corrected chi connectivity index (χ1v) is 6.65. The minimum atomic E-state index is 0.723. The van der Waals surface area contributed by atoms with Gasteiger partial charge in [-0.2, -0.15) is 5.10 Å². The van der Waals surface area contributed by atoms with Crippen LogP contribution in [0.4, 0.5) is 5.82 Å². The first-order chi connectivity index (χ1) is 8.38. The Balaban J connectivity index is 1.77. The van der Waals surface area contributed by atoms with Crippen LogP contribution in [0.3, 0.4) is 0 Å². The summed E-state index contributed by atoms with van der Waals surface area (Å²) in [4.78, 5) is 0. The fourth-order valence-electron chi connectivity index (χ4n) is 2.19. The molecule has 1 aliphatic rings. The second kappa shape index (κ2) is 6.55. The van der Waals surface area contributed by atoms with Crippen LogP contribution in [0, 0.1) is 5.92 Å². The van der Waals surface area contributed by atoms with Crippen molar-refractivity contribution in [2.45, 2.75) is 32.6 Å². The minimum absolute atomic E-state index is 0.723. The second-order valence-electron chi connectivity index (χ2n) is 4.75. The first kappa shape index (κ1) is 12.3. The van der Waals surface area contributed by atoms with Crippen LogP contribution >= 0.6 is 0 Å². The Kier molecular flexibility index (Phi) is 4.74. The summed E-state index contributed by atoms with van der Waals surface area (Å²) in [6.07, 6.45) is 4.73. The zero-order chi connectivity index (χ0) is 11.9. The van der Waals surface area contributed by atoms with Crippen molar-refractivity contribution in [3.8, 4) is 0 Å². The molecular formula is C13H22N4. The third kappa shape index (κ3) is 3.97. The molecule has 1 unspecified atom stereocenters. The number of piperidine rings is 1. The smallest absolute Gasteiger partial charge is 0.148 e. The highest BCUT2D eigenvalue weighted by molar-refractivity contribution is 5.32.